The van der Waals surface area contributed by atoms with E-state index in [2.05, 4.69) is 0 Å². The van der Waals surface area contributed by atoms with E-state index in [0.717, 1.165) is 21.3 Å². The number of benzene rings is 3. The molecule has 4 aromatic rings. The van der Waals surface area contributed by atoms with Crippen LogP contribution in [0.15, 0.2) is 72.3 Å². The summed E-state index contributed by atoms with van der Waals surface area (Å²) in [6, 6.07) is 19.0. The van der Waals surface area contributed by atoms with Crippen molar-refractivity contribution in [3.63, 3.8) is 0 Å². The summed E-state index contributed by atoms with van der Waals surface area (Å²) in [5.74, 6) is -1.70. The van der Waals surface area contributed by atoms with Crippen LogP contribution in [-0.4, -0.2) is 21.8 Å². The standard InChI is InChI=1S/C26H19ClN2O3S/c1-14-12-15(2)21-19(13-14)33-26(28-21)29-22(16-6-4-3-5-7-16)20(24(31)25(29)32)23(30)17-8-10-18(27)11-9-17/h3-13,22,30H,1-2H3/b23-20+/t22-/m0/s1. The predicted octanol–water partition coefficient (Wildman–Crippen LogP) is 6.19. The number of nitrogens with zero attached hydrogens (tertiary/aromatic N) is 2. The highest BCUT2D eigenvalue weighted by molar-refractivity contribution is 7.22. The van der Waals surface area contributed by atoms with Gasteiger partial charge in [0.2, 0.25) is 0 Å². The van der Waals surface area contributed by atoms with E-state index in [1.54, 1.807) is 24.3 Å². The molecule has 1 saturated heterocycles. The fraction of sp³-hybridized carbons (Fsp3) is 0.115. The Hall–Kier alpha value is -3.48. The van der Waals surface area contributed by atoms with Crippen molar-refractivity contribution < 1.29 is 14.7 Å². The summed E-state index contributed by atoms with van der Waals surface area (Å²) < 4.78 is 0.939. The number of carbonyl (C=O) groups is 2. The number of Topliss-reactive ketones (excluding diaryl/α,β-unsaturated/α-hetero) is 1. The smallest absolute Gasteiger partial charge is 0.301 e. The maximum atomic E-state index is 13.3. The molecule has 1 aliphatic heterocycles. The largest absolute Gasteiger partial charge is 0.507 e. The van der Waals surface area contributed by atoms with Crippen molar-refractivity contribution in [1.82, 2.24) is 4.98 Å². The van der Waals surface area contributed by atoms with E-state index in [0.29, 0.717) is 21.3 Å². The highest BCUT2D eigenvalue weighted by Gasteiger charge is 2.48. The molecule has 1 atom stereocenters. The van der Waals surface area contributed by atoms with Crippen LogP contribution >= 0.6 is 22.9 Å². The Morgan fingerprint density at radius 2 is 1.73 bits per heavy atom. The fourth-order valence-corrected chi connectivity index (χ4v) is 5.50. The molecule has 5 rings (SSSR count). The second-order valence-corrected chi connectivity index (χ2v) is 9.46. The number of aliphatic hydroxyl groups excluding tert-OH is 1. The second kappa shape index (κ2) is 8.14. The zero-order valence-electron chi connectivity index (χ0n) is 17.9. The maximum absolute atomic E-state index is 13.3. The molecular weight excluding hydrogens is 456 g/mol. The molecule has 0 saturated carbocycles. The number of anilines is 1. The lowest BCUT2D eigenvalue weighted by molar-refractivity contribution is -0.132. The molecule has 0 radical (unpaired) electrons. The molecule has 2 heterocycles. The summed E-state index contributed by atoms with van der Waals surface area (Å²) in [6.45, 7) is 3.98. The first-order valence-corrected chi connectivity index (χ1v) is 11.5. The van der Waals surface area contributed by atoms with Crippen LogP contribution < -0.4 is 4.90 Å². The first-order chi connectivity index (χ1) is 15.8. The molecule has 3 aromatic carbocycles. The summed E-state index contributed by atoms with van der Waals surface area (Å²) in [6.07, 6.45) is 0. The van der Waals surface area contributed by atoms with E-state index in [1.807, 2.05) is 56.3 Å². The average molecular weight is 475 g/mol. The number of rotatable bonds is 3. The Balaban J connectivity index is 1.73. The SMILES string of the molecule is Cc1cc(C)c2nc(N3C(=O)C(=O)/C(=C(/O)c4ccc(Cl)cc4)[C@@H]3c3ccccc3)sc2c1. The summed E-state index contributed by atoms with van der Waals surface area (Å²) in [7, 11) is 0. The number of aliphatic hydroxyl groups is 1. The molecule has 1 aliphatic rings. The van der Waals surface area contributed by atoms with Gasteiger partial charge in [0, 0.05) is 10.6 Å². The van der Waals surface area contributed by atoms with Crippen molar-refractivity contribution in [2.45, 2.75) is 19.9 Å². The molecule has 1 fully saturated rings. The van der Waals surface area contributed by atoms with Crippen molar-refractivity contribution in [2.24, 2.45) is 0 Å². The van der Waals surface area contributed by atoms with Gasteiger partial charge >= 0.3 is 5.91 Å². The van der Waals surface area contributed by atoms with E-state index < -0.39 is 17.7 Å². The number of amides is 1. The van der Waals surface area contributed by atoms with Gasteiger partial charge < -0.3 is 5.11 Å². The zero-order valence-corrected chi connectivity index (χ0v) is 19.4. The summed E-state index contributed by atoms with van der Waals surface area (Å²) >= 11 is 7.34. The first-order valence-electron chi connectivity index (χ1n) is 10.3. The van der Waals surface area contributed by atoms with Gasteiger partial charge in [-0.05, 0) is 60.9 Å². The molecule has 1 amide bonds. The number of fused-ring (bicyclic) bond motifs is 1. The minimum Gasteiger partial charge on any atom is -0.507 e. The number of ketones is 1. The molecular formula is C26H19ClN2O3S. The molecule has 0 unspecified atom stereocenters. The Bertz CT molecular complexity index is 1440. The van der Waals surface area contributed by atoms with Gasteiger partial charge in [0.15, 0.2) is 5.13 Å². The topological polar surface area (TPSA) is 70.5 Å². The predicted molar refractivity (Wildman–Crippen MR) is 132 cm³/mol. The van der Waals surface area contributed by atoms with Crippen LogP contribution in [-0.2, 0) is 9.59 Å². The van der Waals surface area contributed by atoms with E-state index >= 15 is 0 Å². The van der Waals surface area contributed by atoms with Gasteiger partial charge in [0.05, 0.1) is 21.8 Å². The fourth-order valence-electron chi connectivity index (χ4n) is 4.21. The Morgan fingerprint density at radius 1 is 1.03 bits per heavy atom. The van der Waals surface area contributed by atoms with Crippen LogP contribution in [0.1, 0.15) is 28.3 Å². The number of hydrogen-bond donors (Lipinski definition) is 1. The van der Waals surface area contributed by atoms with Crippen LogP contribution in [0.2, 0.25) is 5.02 Å². The molecule has 7 heteroatoms. The Labute approximate surface area is 199 Å². The molecule has 0 aliphatic carbocycles. The van der Waals surface area contributed by atoms with Crippen LogP contribution in [0.4, 0.5) is 5.13 Å². The third kappa shape index (κ3) is 3.61. The molecule has 164 valence electrons. The van der Waals surface area contributed by atoms with Gasteiger partial charge in [-0.3, -0.25) is 14.5 Å². The maximum Gasteiger partial charge on any atom is 0.301 e. The van der Waals surface area contributed by atoms with Gasteiger partial charge in [-0.25, -0.2) is 4.98 Å². The number of hydrogen-bond acceptors (Lipinski definition) is 5. The van der Waals surface area contributed by atoms with Gasteiger partial charge in [-0.2, -0.15) is 0 Å². The molecule has 1 N–H and O–H groups in total. The highest BCUT2D eigenvalue weighted by atomic mass is 35.5. The van der Waals surface area contributed by atoms with Gasteiger partial charge in [-0.1, -0.05) is 59.3 Å². The van der Waals surface area contributed by atoms with Crippen LogP contribution in [0, 0.1) is 13.8 Å². The highest BCUT2D eigenvalue weighted by Crippen LogP contribution is 2.44. The van der Waals surface area contributed by atoms with E-state index in [9.17, 15) is 14.7 Å². The summed E-state index contributed by atoms with van der Waals surface area (Å²) in [4.78, 5) is 32.7. The van der Waals surface area contributed by atoms with E-state index in [1.165, 1.54) is 16.2 Å². The van der Waals surface area contributed by atoms with E-state index in [4.69, 9.17) is 16.6 Å². The Morgan fingerprint density at radius 3 is 2.42 bits per heavy atom. The number of aromatic nitrogens is 1. The molecule has 0 bridgehead atoms. The van der Waals surface area contributed by atoms with Crippen molar-refractivity contribution in [3.8, 4) is 0 Å². The van der Waals surface area contributed by atoms with Crippen molar-refractivity contribution >= 4 is 55.7 Å². The van der Waals surface area contributed by atoms with Crippen molar-refractivity contribution in [3.05, 3.63) is 99.6 Å². The lowest BCUT2D eigenvalue weighted by Gasteiger charge is -2.22. The molecule has 0 spiro atoms. The van der Waals surface area contributed by atoms with Gasteiger partial charge in [0.25, 0.3) is 5.78 Å². The average Bonchev–Trinajstić information content (AvgIpc) is 3.33. The molecule has 5 nitrogen and oxygen atoms in total. The molecule has 1 aromatic heterocycles. The molecule has 33 heavy (non-hydrogen) atoms. The van der Waals surface area contributed by atoms with Crippen LogP contribution in [0.3, 0.4) is 0 Å². The minimum atomic E-state index is -0.802. The van der Waals surface area contributed by atoms with Gasteiger partial charge in [-0.15, -0.1) is 0 Å². The summed E-state index contributed by atoms with van der Waals surface area (Å²) in [5, 5.41) is 12.1. The monoisotopic (exact) mass is 474 g/mol. The van der Waals surface area contributed by atoms with Crippen molar-refractivity contribution in [2.75, 3.05) is 4.90 Å². The number of aryl methyl sites for hydroxylation is 2. The summed E-state index contributed by atoms with van der Waals surface area (Å²) in [5.41, 5.74) is 4.04. The first kappa shape index (κ1) is 21.4. The van der Waals surface area contributed by atoms with E-state index in [-0.39, 0.29) is 11.3 Å². The number of halogens is 1. The second-order valence-electron chi connectivity index (χ2n) is 8.01. The number of thiazole rings is 1. The quantitative estimate of drug-likeness (QED) is 0.218. The minimum absolute atomic E-state index is 0.0284. The lowest BCUT2D eigenvalue weighted by atomic mass is 9.95. The lowest BCUT2D eigenvalue weighted by Crippen LogP contribution is -2.29. The zero-order chi connectivity index (χ0) is 23.3. The number of carbonyl (C=O) groups excluding carboxylic acids is 2. The Kier molecular flexibility index (Phi) is 5.27. The van der Waals surface area contributed by atoms with Crippen LogP contribution in [0.5, 0.6) is 0 Å². The van der Waals surface area contributed by atoms with Crippen molar-refractivity contribution in [1.29, 1.82) is 0 Å². The van der Waals surface area contributed by atoms with Gasteiger partial charge in [0.1, 0.15) is 5.76 Å². The van der Waals surface area contributed by atoms with Crippen LogP contribution in [0.25, 0.3) is 16.0 Å². The normalized spacial score (nSPS) is 17.8. The third-order valence-corrected chi connectivity index (χ3v) is 6.96. The third-order valence-electron chi connectivity index (χ3n) is 5.70.